The van der Waals surface area contributed by atoms with E-state index in [1.165, 1.54) is 6.07 Å². The zero-order valence-corrected chi connectivity index (χ0v) is 13.8. The number of hydrogen-bond donors (Lipinski definition) is 1. The third kappa shape index (κ3) is 2.63. The number of carbonyl (C=O) groups excluding carboxylic acids is 4. The van der Waals surface area contributed by atoms with Gasteiger partial charge in [0.1, 0.15) is 24.5 Å². The Morgan fingerprint density at radius 3 is 2.77 bits per heavy atom. The van der Waals surface area contributed by atoms with Crippen LogP contribution < -0.4 is 10.1 Å². The number of nitrogens with zero attached hydrogens (tertiary/aromatic N) is 1. The number of nitrogens with one attached hydrogen (secondary N) is 1. The summed E-state index contributed by atoms with van der Waals surface area (Å²) in [6, 6.07) is 3.78. The Labute approximate surface area is 148 Å². The van der Waals surface area contributed by atoms with Crippen LogP contribution >= 0.6 is 0 Å². The lowest BCUT2D eigenvalue weighted by atomic mass is 10.0. The molecule has 2 atom stereocenters. The van der Waals surface area contributed by atoms with Gasteiger partial charge in [-0.1, -0.05) is 6.07 Å². The number of imide groups is 2. The minimum atomic E-state index is -0.990. The lowest BCUT2D eigenvalue weighted by Crippen LogP contribution is -2.54. The molecule has 1 N–H and O–H groups in total. The van der Waals surface area contributed by atoms with Crippen molar-refractivity contribution in [2.75, 3.05) is 6.61 Å². The molecule has 2 unspecified atom stereocenters. The molecular formula is C18H16N2O6. The summed E-state index contributed by atoms with van der Waals surface area (Å²) in [5, 5.41) is 2.17. The minimum Gasteiger partial charge on any atom is -0.494 e. The topological polar surface area (TPSA) is 102 Å². The third-order valence-electron chi connectivity index (χ3n) is 4.62. The highest BCUT2D eigenvalue weighted by molar-refractivity contribution is 6.24. The molecule has 1 fully saturated rings. The Morgan fingerprint density at radius 1 is 1.19 bits per heavy atom. The third-order valence-corrected chi connectivity index (χ3v) is 4.62. The smallest absolute Gasteiger partial charge is 0.266 e. The first-order valence-electron chi connectivity index (χ1n) is 8.34. The van der Waals surface area contributed by atoms with Gasteiger partial charge in [-0.2, -0.15) is 0 Å². The molecule has 8 nitrogen and oxygen atoms in total. The number of fused-ring (bicyclic) bond motifs is 1. The minimum absolute atomic E-state index is 0.0825. The van der Waals surface area contributed by atoms with Crippen LogP contribution in [0.1, 0.15) is 40.0 Å². The molecule has 0 saturated carbocycles. The van der Waals surface area contributed by atoms with Crippen molar-refractivity contribution in [3.63, 3.8) is 0 Å². The molecule has 8 heteroatoms. The zero-order chi connectivity index (χ0) is 18.3. The van der Waals surface area contributed by atoms with E-state index in [2.05, 4.69) is 5.32 Å². The predicted octanol–water partition coefficient (Wildman–Crippen LogP) is 0.769. The van der Waals surface area contributed by atoms with E-state index < -0.39 is 29.7 Å². The van der Waals surface area contributed by atoms with Gasteiger partial charge in [0.2, 0.25) is 11.8 Å². The first-order valence-corrected chi connectivity index (χ1v) is 8.34. The Balaban J connectivity index is 1.58. The average Bonchev–Trinajstić information content (AvgIpc) is 3.22. The number of ether oxygens (including phenoxy) is 2. The van der Waals surface area contributed by atoms with Crippen LogP contribution in [0.15, 0.2) is 30.5 Å². The standard InChI is InChI=1S/C18H16N2O6/c21-14-7-6-12(16(22)19-14)20-17(23)11-4-1-5-13(15(11)18(20)24)26-9-10-3-2-8-25-10/h1-2,4-5,8,10,12H,3,6-7,9H2,(H,19,21,22). The second kappa shape index (κ2) is 6.29. The number of amides is 4. The van der Waals surface area contributed by atoms with E-state index in [4.69, 9.17) is 9.47 Å². The van der Waals surface area contributed by atoms with Crippen LogP contribution in [0.3, 0.4) is 0 Å². The summed E-state index contributed by atoms with van der Waals surface area (Å²) >= 11 is 0. The van der Waals surface area contributed by atoms with Crippen LogP contribution in [0, 0.1) is 0 Å². The van der Waals surface area contributed by atoms with E-state index in [0.717, 1.165) is 4.90 Å². The Kier molecular flexibility index (Phi) is 3.95. The van der Waals surface area contributed by atoms with Crippen molar-refractivity contribution in [1.82, 2.24) is 10.2 Å². The largest absolute Gasteiger partial charge is 0.494 e. The number of hydrogen-bond acceptors (Lipinski definition) is 6. The van der Waals surface area contributed by atoms with Crippen LogP contribution in [0.25, 0.3) is 0 Å². The Morgan fingerprint density at radius 2 is 2.04 bits per heavy atom. The van der Waals surface area contributed by atoms with E-state index in [9.17, 15) is 19.2 Å². The number of carbonyl (C=O) groups is 4. The molecule has 1 saturated heterocycles. The molecule has 4 rings (SSSR count). The summed E-state index contributed by atoms with van der Waals surface area (Å²) in [5.41, 5.74) is 0.343. The molecule has 1 aromatic rings. The summed E-state index contributed by atoms with van der Waals surface area (Å²) in [4.78, 5) is 49.9. The van der Waals surface area contributed by atoms with E-state index in [0.29, 0.717) is 6.42 Å². The summed E-state index contributed by atoms with van der Waals surface area (Å²) in [6.45, 7) is 0.239. The van der Waals surface area contributed by atoms with Crippen molar-refractivity contribution in [2.24, 2.45) is 0 Å². The fourth-order valence-corrected chi connectivity index (χ4v) is 3.32. The van der Waals surface area contributed by atoms with Crippen molar-refractivity contribution in [2.45, 2.75) is 31.4 Å². The lowest BCUT2D eigenvalue weighted by Gasteiger charge is -2.27. The molecule has 3 heterocycles. The molecule has 4 amide bonds. The predicted molar refractivity (Wildman–Crippen MR) is 87.2 cm³/mol. The van der Waals surface area contributed by atoms with Gasteiger partial charge in [-0.25, -0.2) is 0 Å². The summed E-state index contributed by atoms with van der Waals surface area (Å²) < 4.78 is 11.0. The fourth-order valence-electron chi connectivity index (χ4n) is 3.32. The first-order chi connectivity index (χ1) is 12.6. The second-order valence-corrected chi connectivity index (χ2v) is 6.30. The van der Waals surface area contributed by atoms with Crippen molar-refractivity contribution in [3.05, 3.63) is 41.7 Å². The van der Waals surface area contributed by atoms with Crippen molar-refractivity contribution >= 4 is 23.6 Å². The monoisotopic (exact) mass is 356 g/mol. The molecule has 134 valence electrons. The van der Waals surface area contributed by atoms with Crippen LogP contribution in [0.2, 0.25) is 0 Å². The normalized spacial score (nSPS) is 24.5. The fraction of sp³-hybridized carbons (Fsp3) is 0.333. The first kappa shape index (κ1) is 16.3. The summed E-state index contributed by atoms with van der Waals surface area (Å²) in [7, 11) is 0. The molecule has 0 aromatic heterocycles. The van der Waals surface area contributed by atoms with E-state index in [1.54, 1.807) is 18.4 Å². The van der Waals surface area contributed by atoms with Gasteiger partial charge in [-0.05, 0) is 24.6 Å². The lowest BCUT2D eigenvalue weighted by molar-refractivity contribution is -0.136. The van der Waals surface area contributed by atoms with Crippen molar-refractivity contribution in [3.8, 4) is 5.75 Å². The van der Waals surface area contributed by atoms with Crippen LogP contribution in [-0.4, -0.2) is 47.3 Å². The molecule has 0 spiro atoms. The molecule has 1 aromatic carbocycles. The Hall–Kier alpha value is -3.16. The van der Waals surface area contributed by atoms with Gasteiger partial charge in [0, 0.05) is 12.8 Å². The van der Waals surface area contributed by atoms with Crippen LogP contribution in [-0.2, 0) is 14.3 Å². The van der Waals surface area contributed by atoms with E-state index in [1.807, 2.05) is 6.08 Å². The maximum atomic E-state index is 12.9. The maximum Gasteiger partial charge on any atom is 0.266 e. The van der Waals surface area contributed by atoms with Crippen LogP contribution in [0.4, 0.5) is 0 Å². The van der Waals surface area contributed by atoms with Gasteiger partial charge in [0.15, 0.2) is 0 Å². The van der Waals surface area contributed by atoms with Crippen molar-refractivity contribution < 1.29 is 28.7 Å². The van der Waals surface area contributed by atoms with Gasteiger partial charge in [-0.3, -0.25) is 29.4 Å². The van der Waals surface area contributed by atoms with E-state index >= 15 is 0 Å². The molecule has 26 heavy (non-hydrogen) atoms. The van der Waals surface area contributed by atoms with Crippen molar-refractivity contribution in [1.29, 1.82) is 0 Å². The van der Waals surface area contributed by atoms with Gasteiger partial charge in [-0.15, -0.1) is 0 Å². The molecule has 0 bridgehead atoms. The molecular weight excluding hydrogens is 340 g/mol. The average molecular weight is 356 g/mol. The number of benzene rings is 1. The van der Waals surface area contributed by atoms with Gasteiger partial charge in [0.05, 0.1) is 17.4 Å². The molecule has 3 aliphatic rings. The molecule has 3 aliphatic heterocycles. The highest BCUT2D eigenvalue weighted by Crippen LogP contribution is 2.33. The molecule has 0 radical (unpaired) electrons. The zero-order valence-electron chi connectivity index (χ0n) is 13.8. The quantitative estimate of drug-likeness (QED) is 0.800. The SMILES string of the molecule is O=C1CCC(N2C(=O)c3cccc(OCC4CC=CO4)c3C2=O)C(=O)N1. The second-order valence-electron chi connectivity index (χ2n) is 6.30. The highest BCUT2D eigenvalue weighted by atomic mass is 16.5. The number of piperidine rings is 1. The maximum absolute atomic E-state index is 12.9. The van der Waals surface area contributed by atoms with Gasteiger partial charge in [0.25, 0.3) is 11.8 Å². The number of rotatable bonds is 4. The Bertz CT molecular complexity index is 838. The summed E-state index contributed by atoms with van der Waals surface area (Å²) in [6.07, 6.45) is 4.26. The highest BCUT2D eigenvalue weighted by Gasteiger charge is 2.46. The summed E-state index contributed by atoms with van der Waals surface area (Å²) in [5.74, 6) is -1.89. The molecule has 0 aliphatic carbocycles. The van der Waals surface area contributed by atoms with Gasteiger partial charge >= 0.3 is 0 Å². The van der Waals surface area contributed by atoms with E-state index in [-0.39, 0.29) is 42.4 Å². The van der Waals surface area contributed by atoms with Crippen LogP contribution in [0.5, 0.6) is 5.75 Å². The van der Waals surface area contributed by atoms with Gasteiger partial charge < -0.3 is 9.47 Å².